The number of hydrogen-bond acceptors (Lipinski definition) is 3. The first-order valence-corrected chi connectivity index (χ1v) is 5.79. The van der Waals surface area contributed by atoms with Crippen LogP contribution in [-0.4, -0.2) is 19.0 Å². The van der Waals surface area contributed by atoms with E-state index >= 15 is 0 Å². The van der Waals surface area contributed by atoms with Gasteiger partial charge in [0.05, 0.1) is 6.54 Å². The van der Waals surface area contributed by atoms with Crippen molar-refractivity contribution in [3.05, 3.63) is 23.7 Å². The topological polar surface area (TPSA) is 54.3 Å². The van der Waals surface area contributed by atoms with E-state index in [9.17, 15) is 4.79 Å². The van der Waals surface area contributed by atoms with Crippen molar-refractivity contribution < 1.29 is 9.21 Å². The third-order valence-corrected chi connectivity index (χ3v) is 2.64. The highest BCUT2D eigenvalue weighted by atomic mass is 16.3. The van der Waals surface area contributed by atoms with Crippen LogP contribution in [0.3, 0.4) is 0 Å². The smallest absolute Gasteiger partial charge is 0.223 e. The second kappa shape index (κ2) is 5.16. The van der Waals surface area contributed by atoms with E-state index in [-0.39, 0.29) is 5.91 Å². The molecule has 1 aromatic rings. The minimum Gasteiger partial charge on any atom is -0.465 e. The van der Waals surface area contributed by atoms with Crippen molar-refractivity contribution in [2.75, 3.05) is 13.1 Å². The lowest BCUT2D eigenvalue weighted by atomic mass is 10.4. The van der Waals surface area contributed by atoms with E-state index in [4.69, 9.17) is 4.42 Å². The highest BCUT2D eigenvalue weighted by Crippen LogP contribution is 2.28. The molecule has 0 aromatic carbocycles. The van der Waals surface area contributed by atoms with E-state index in [0.29, 0.717) is 19.0 Å². The van der Waals surface area contributed by atoms with Crippen LogP contribution >= 0.6 is 0 Å². The van der Waals surface area contributed by atoms with E-state index in [1.54, 1.807) is 0 Å². The van der Waals surface area contributed by atoms with Gasteiger partial charge in [0.2, 0.25) is 5.91 Å². The predicted molar refractivity (Wildman–Crippen MR) is 60.9 cm³/mol. The van der Waals surface area contributed by atoms with Gasteiger partial charge in [0, 0.05) is 19.0 Å². The SMILES string of the molecule is Cc1ccc(CNCCNC(=O)C2CC2)o1. The lowest BCUT2D eigenvalue weighted by Gasteiger charge is -2.04. The highest BCUT2D eigenvalue weighted by molar-refractivity contribution is 5.80. The highest BCUT2D eigenvalue weighted by Gasteiger charge is 2.28. The summed E-state index contributed by atoms with van der Waals surface area (Å²) in [5.41, 5.74) is 0. The zero-order valence-electron chi connectivity index (χ0n) is 9.58. The van der Waals surface area contributed by atoms with Crippen molar-refractivity contribution in [1.82, 2.24) is 10.6 Å². The molecular weight excluding hydrogens is 204 g/mol. The largest absolute Gasteiger partial charge is 0.465 e. The third kappa shape index (κ3) is 3.38. The average molecular weight is 222 g/mol. The second-order valence-electron chi connectivity index (χ2n) is 4.25. The molecule has 0 radical (unpaired) electrons. The Kier molecular flexibility index (Phi) is 3.62. The van der Waals surface area contributed by atoms with Gasteiger partial charge in [0.25, 0.3) is 0 Å². The van der Waals surface area contributed by atoms with Crippen LogP contribution in [0.25, 0.3) is 0 Å². The molecule has 0 unspecified atom stereocenters. The van der Waals surface area contributed by atoms with Crippen LogP contribution in [0.2, 0.25) is 0 Å². The Balaban J connectivity index is 1.53. The fourth-order valence-electron chi connectivity index (χ4n) is 1.56. The van der Waals surface area contributed by atoms with Crippen LogP contribution in [0.4, 0.5) is 0 Å². The molecule has 0 saturated heterocycles. The maximum atomic E-state index is 11.3. The Morgan fingerprint density at radius 3 is 2.88 bits per heavy atom. The van der Waals surface area contributed by atoms with Gasteiger partial charge >= 0.3 is 0 Å². The summed E-state index contributed by atoms with van der Waals surface area (Å²) in [6.07, 6.45) is 2.12. The molecule has 1 fully saturated rings. The second-order valence-corrected chi connectivity index (χ2v) is 4.25. The molecule has 2 N–H and O–H groups in total. The van der Waals surface area contributed by atoms with Crippen LogP contribution < -0.4 is 10.6 Å². The minimum absolute atomic E-state index is 0.204. The summed E-state index contributed by atoms with van der Waals surface area (Å²) in [4.78, 5) is 11.3. The van der Waals surface area contributed by atoms with Gasteiger partial charge in [-0.25, -0.2) is 0 Å². The van der Waals surface area contributed by atoms with Crippen molar-refractivity contribution in [2.24, 2.45) is 5.92 Å². The van der Waals surface area contributed by atoms with E-state index in [2.05, 4.69) is 10.6 Å². The molecule has 0 bridgehead atoms. The fraction of sp³-hybridized carbons (Fsp3) is 0.583. The molecule has 1 amide bonds. The monoisotopic (exact) mass is 222 g/mol. The van der Waals surface area contributed by atoms with E-state index in [0.717, 1.165) is 30.9 Å². The minimum atomic E-state index is 0.204. The molecule has 88 valence electrons. The van der Waals surface area contributed by atoms with Crippen LogP contribution in [0.15, 0.2) is 16.5 Å². The summed E-state index contributed by atoms with van der Waals surface area (Å²) in [6, 6.07) is 3.91. The van der Waals surface area contributed by atoms with Gasteiger partial charge in [-0.05, 0) is 31.9 Å². The van der Waals surface area contributed by atoms with E-state index in [1.807, 2.05) is 19.1 Å². The number of furan rings is 1. The van der Waals surface area contributed by atoms with E-state index in [1.165, 1.54) is 0 Å². The Labute approximate surface area is 95.4 Å². The molecule has 1 aliphatic carbocycles. The van der Waals surface area contributed by atoms with Gasteiger partial charge in [-0.2, -0.15) is 0 Å². The summed E-state index contributed by atoms with van der Waals surface area (Å²) in [5.74, 6) is 2.37. The number of carbonyl (C=O) groups excluding carboxylic acids is 1. The molecule has 2 rings (SSSR count). The molecule has 0 spiro atoms. The summed E-state index contributed by atoms with van der Waals surface area (Å²) >= 11 is 0. The van der Waals surface area contributed by atoms with Crippen LogP contribution in [-0.2, 0) is 11.3 Å². The van der Waals surface area contributed by atoms with Crippen LogP contribution in [0.5, 0.6) is 0 Å². The van der Waals surface area contributed by atoms with Crippen molar-refractivity contribution in [3.63, 3.8) is 0 Å². The van der Waals surface area contributed by atoms with Crippen molar-refractivity contribution in [1.29, 1.82) is 0 Å². The zero-order valence-corrected chi connectivity index (χ0v) is 9.58. The number of rotatable bonds is 6. The van der Waals surface area contributed by atoms with Crippen molar-refractivity contribution in [2.45, 2.75) is 26.3 Å². The van der Waals surface area contributed by atoms with Gasteiger partial charge in [-0.15, -0.1) is 0 Å². The summed E-state index contributed by atoms with van der Waals surface area (Å²) < 4.78 is 5.41. The van der Waals surface area contributed by atoms with Crippen molar-refractivity contribution in [3.8, 4) is 0 Å². The first-order chi connectivity index (χ1) is 7.75. The molecule has 1 heterocycles. The zero-order chi connectivity index (χ0) is 11.4. The van der Waals surface area contributed by atoms with Crippen molar-refractivity contribution >= 4 is 5.91 Å². The Morgan fingerprint density at radius 1 is 1.44 bits per heavy atom. The number of aryl methyl sites for hydroxylation is 1. The van der Waals surface area contributed by atoms with Gasteiger partial charge in [0.15, 0.2) is 0 Å². The van der Waals surface area contributed by atoms with E-state index < -0.39 is 0 Å². The molecule has 1 saturated carbocycles. The number of amides is 1. The lowest BCUT2D eigenvalue weighted by molar-refractivity contribution is -0.122. The molecule has 0 aliphatic heterocycles. The number of carbonyl (C=O) groups is 1. The van der Waals surface area contributed by atoms with Crippen LogP contribution in [0, 0.1) is 12.8 Å². The molecule has 1 aliphatic rings. The fourth-order valence-corrected chi connectivity index (χ4v) is 1.56. The Hall–Kier alpha value is -1.29. The van der Waals surface area contributed by atoms with Gasteiger partial charge in [-0.1, -0.05) is 0 Å². The van der Waals surface area contributed by atoms with Gasteiger partial charge in [-0.3, -0.25) is 4.79 Å². The first-order valence-electron chi connectivity index (χ1n) is 5.79. The standard InChI is InChI=1S/C12H18N2O2/c1-9-2-5-11(16-9)8-13-6-7-14-12(15)10-3-4-10/h2,5,10,13H,3-4,6-8H2,1H3,(H,14,15). The van der Waals surface area contributed by atoms with Gasteiger partial charge < -0.3 is 15.1 Å². The van der Waals surface area contributed by atoms with Gasteiger partial charge in [0.1, 0.15) is 11.5 Å². The average Bonchev–Trinajstić information content (AvgIpc) is 3.03. The summed E-state index contributed by atoms with van der Waals surface area (Å²) in [7, 11) is 0. The molecule has 4 heteroatoms. The Morgan fingerprint density at radius 2 is 2.25 bits per heavy atom. The summed E-state index contributed by atoms with van der Waals surface area (Å²) in [5, 5.41) is 6.13. The van der Waals surface area contributed by atoms with Crippen LogP contribution in [0.1, 0.15) is 24.4 Å². The Bertz CT molecular complexity index is 356. The third-order valence-electron chi connectivity index (χ3n) is 2.64. The molecule has 4 nitrogen and oxygen atoms in total. The lowest BCUT2D eigenvalue weighted by Crippen LogP contribution is -2.32. The first kappa shape index (κ1) is 11.2. The normalized spacial score (nSPS) is 15.1. The molecule has 16 heavy (non-hydrogen) atoms. The number of nitrogens with one attached hydrogen (secondary N) is 2. The maximum Gasteiger partial charge on any atom is 0.223 e. The predicted octanol–water partition coefficient (Wildman–Crippen LogP) is 1.20. The number of hydrogen-bond donors (Lipinski definition) is 2. The maximum absolute atomic E-state index is 11.3. The molecule has 1 aromatic heterocycles. The molecular formula is C12H18N2O2. The quantitative estimate of drug-likeness (QED) is 0.711. The summed E-state index contributed by atoms with van der Waals surface area (Å²) in [6.45, 7) is 4.11. The molecule has 0 atom stereocenters.